The molecule has 0 aromatic rings. The lowest BCUT2D eigenvalue weighted by atomic mass is 10.0. The van der Waals surface area contributed by atoms with Crippen molar-refractivity contribution >= 4 is 5.91 Å². The van der Waals surface area contributed by atoms with Gasteiger partial charge >= 0.3 is 0 Å². The Balaban J connectivity index is 2.38. The van der Waals surface area contributed by atoms with Crippen molar-refractivity contribution in [2.45, 2.75) is 25.4 Å². The van der Waals surface area contributed by atoms with Gasteiger partial charge in [0.2, 0.25) is 5.91 Å². The summed E-state index contributed by atoms with van der Waals surface area (Å²) in [5, 5.41) is 2.81. The standard InChI is InChI=1S/C10H16N2O2/c1-3-4-7(2)12-10(13)8-5-14-6-9(8)11/h1,7-9H,4-6,11H2,2H3,(H,12,13). The van der Waals surface area contributed by atoms with E-state index < -0.39 is 0 Å². The summed E-state index contributed by atoms with van der Waals surface area (Å²) < 4.78 is 5.11. The van der Waals surface area contributed by atoms with Crippen LogP contribution in [0.3, 0.4) is 0 Å². The van der Waals surface area contributed by atoms with Crippen molar-refractivity contribution in [3.63, 3.8) is 0 Å². The first-order valence-electron chi connectivity index (χ1n) is 4.72. The number of rotatable bonds is 3. The second-order valence-corrected chi connectivity index (χ2v) is 3.63. The third-order valence-electron chi connectivity index (χ3n) is 2.27. The molecule has 0 spiro atoms. The van der Waals surface area contributed by atoms with Gasteiger partial charge in [-0.25, -0.2) is 0 Å². The van der Waals surface area contributed by atoms with Crippen LogP contribution < -0.4 is 11.1 Å². The zero-order chi connectivity index (χ0) is 10.6. The maximum Gasteiger partial charge on any atom is 0.227 e. The van der Waals surface area contributed by atoms with Gasteiger partial charge in [-0.1, -0.05) is 0 Å². The highest BCUT2D eigenvalue weighted by molar-refractivity contribution is 5.80. The fourth-order valence-electron chi connectivity index (χ4n) is 1.42. The second-order valence-electron chi connectivity index (χ2n) is 3.63. The van der Waals surface area contributed by atoms with Gasteiger partial charge in [0.05, 0.1) is 19.1 Å². The molecule has 1 fully saturated rings. The van der Waals surface area contributed by atoms with E-state index in [1.165, 1.54) is 0 Å². The number of ether oxygens (including phenoxy) is 1. The van der Waals surface area contributed by atoms with E-state index in [4.69, 9.17) is 16.9 Å². The molecular weight excluding hydrogens is 180 g/mol. The van der Waals surface area contributed by atoms with E-state index >= 15 is 0 Å². The summed E-state index contributed by atoms with van der Waals surface area (Å²) in [6.45, 7) is 2.75. The van der Waals surface area contributed by atoms with E-state index in [2.05, 4.69) is 11.2 Å². The largest absolute Gasteiger partial charge is 0.379 e. The van der Waals surface area contributed by atoms with E-state index in [0.29, 0.717) is 19.6 Å². The smallest absolute Gasteiger partial charge is 0.227 e. The monoisotopic (exact) mass is 196 g/mol. The summed E-state index contributed by atoms with van der Waals surface area (Å²) in [6.07, 6.45) is 5.67. The molecule has 1 aliphatic heterocycles. The topological polar surface area (TPSA) is 64.3 Å². The maximum absolute atomic E-state index is 11.6. The number of carbonyl (C=O) groups excluding carboxylic acids is 1. The Bertz CT molecular complexity index is 247. The highest BCUT2D eigenvalue weighted by Crippen LogP contribution is 2.11. The van der Waals surface area contributed by atoms with E-state index in [0.717, 1.165) is 0 Å². The molecule has 0 aliphatic carbocycles. The van der Waals surface area contributed by atoms with Crippen LogP contribution in [-0.2, 0) is 9.53 Å². The molecule has 1 rings (SSSR count). The Morgan fingerprint density at radius 1 is 1.79 bits per heavy atom. The Morgan fingerprint density at radius 2 is 2.50 bits per heavy atom. The number of hydrogen-bond acceptors (Lipinski definition) is 3. The molecular formula is C10H16N2O2. The maximum atomic E-state index is 11.6. The first-order valence-corrected chi connectivity index (χ1v) is 4.72. The Hall–Kier alpha value is -1.05. The van der Waals surface area contributed by atoms with Crippen molar-refractivity contribution in [3.8, 4) is 12.3 Å². The fraction of sp³-hybridized carbons (Fsp3) is 0.700. The minimum absolute atomic E-state index is 0.000278. The van der Waals surface area contributed by atoms with Gasteiger partial charge in [-0.15, -0.1) is 12.3 Å². The van der Waals surface area contributed by atoms with Gasteiger partial charge in [-0.2, -0.15) is 0 Å². The molecule has 0 bridgehead atoms. The average molecular weight is 196 g/mol. The second kappa shape index (κ2) is 4.99. The van der Waals surface area contributed by atoms with Gasteiger partial charge in [-0.3, -0.25) is 4.79 Å². The molecule has 0 aromatic carbocycles. The molecule has 4 heteroatoms. The zero-order valence-electron chi connectivity index (χ0n) is 8.32. The van der Waals surface area contributed by atoms with Gasteiger partial charge < -0.3 is 15.8 Å². The van der Waals surface area contributed by atoms with Gasteiger partial charge in [0.25, 0.3) is 0 Å². The van der Waals surface area contributed by atoms with Crippen molar-refractivity contribution in [3.05, 3.63) is 0 Å². The molecule has 3 N–H and O–H groups in total. The van der Waals surface area contributed by atoms with E-state index in [1.54, 1.807) is 0 Å². The molecule has 1 saturated heterocycles. The summed E-state index contributed by atoms with van der Waals surface area (Å²) >= 11 is 0. The van der Waals surface area contributed by atoms with E-state index in [1.807, 2.05) is 6.92 Å². The third kappa shape index (κ3) is 2.72. The van der Waals surface area contributed by atoms with Crippen LogP contribution in [0, 0.1) is 18.3 Å². The number of nitrogens with two attached hydrogens (primary N) is 1. The van der Waals surface area contributed by atoms with Gasteiger partial charge in [0, 0.05) is 18.5 Å². The van der Waals surface area contributed by atoms with Crippen molar-refractivity contribution < 1.29 is 9.53 Å². The molecule has 3 unspecified atom stereocenters. The normalized spacial score (nSPS) is 28.1. The fourth-order valence-corrected chi connectivity index (χ4v) is 1.42. The summed E-state index contributed by atoms with van der Waals surface area (Å²) in [4.78, 5) is 11.6. The number of amides is 1. The van der Waals surface area contributed by atoms with Crippen molar-refractivity contribution in [2.75, 3.05) is 13.2 Å². The Labute approximate surface area is 84.2 Å². The van der Waals surface area contributed by atoms with Crippen LogP contribution in [0.15, 0.2) is 0 Å². The zero-order valence-corrected chi connectivity index (χ0v) is 8.32. The molecule has 3 atom stereocenters. The first-order chi connectivity index (χ1) is 6.65. The molecule has 78 valence electrons. The van der Waals surface area contributed by atoms with Crippen LogP contribution in [0.25, 0.3) is 0 Å². The summed E-state index contributed by atoms with van der Waals surface area (Å²) in [5.74, 6) is 2.21. The molecule has 1 aliphatic rings. The Morgan fingerprint density at radius 3 is 3.00 bits per heavy atom. The summed E-state index contributed by atoms with van der Waals surface area (Å²) in [5.41, 5.74) is 5.70. The van der Waals surface area contributed by atoms with Gasteiger partial charge in [0.1, 0.15) is 0 Å². The highest BCUT2D eigenvalue weighted by Gasteiger charge is 2.31. The molecule has 4 nitrogen and oxygen atoms in total. The van der Waals surface area contributed by atoms with Crippen molar-refractivity contribution in [1.29, 1.82) is 0 Å². The van der Waals surface area contributed by atoms with Gasteiger partial charge in [0.15, 0.2) is 0 Å². The third-order valence-corrected chi connectivity index (χ3v) is 2.27. The van der Waals surface area contributed by atoms with Crippen molar-refractivity contribution in [2.24, 2.45) is 11.7 Å². The number of nitrogens with one attached hydrogen (secondary N) is 1. The van der Waals surface area contributed by atoms with Crippen LogP contribution in [0.2, 0.25) is 0 Å². The number of hydrogen-bond donors (Lipinski definition) is 2. The molecule has 0 aromatic heterocycles. The predicted octanol–water partition coefficient (Wildman–Crippen LogP) is -0.512. The lowest BCUT2D eigenvalue weighted by molar-refractivity contribution is -0.125. The lowest BCUT2D eigenvalue weighted by Gasteiger charge is -2.16. The lowest BCUT2D eigenvalue weighted by Crippen LogP contribution is -2.44. The molecule has 1 heterocycles. The van der Waals surface area contributed by atoms with E-state index in [9.17, 15) is 4.79 Å². The number of terminal acetylenes is 1. The highest BCUT2D eigenvalue weighted by atomic mass is 16.5. The Kier molecular flexibility index (Phi) is 3.93. The molecule has 0 radical (unpaired) electrons. The molecule has 0 saturated carbocycles. The van der Waals surface area contributed by atoms with Crippen LogP contribution in [0.1, 0.15) is 13.3 Å². The quantitative estimate of drug-likeness (QED) is 0.597. The summed E-state index contributed by atoms with van der Waals surface area (Å²) in [7, 11) is 0. The van der Waals surface area contributed by atoms with E-state index in [-0.39, 0.29) is 23.9 Å². The van der Waals surface area contributed by atoms with Crippen LogP contribution >= 0.6 is 0 Å². The first kappa shape index (κ1) is 11.0. The van der Waals surface area contributed by atoms with Crippen LogP contribution in [0.4, 0.5) is 0 Å². The molecule has 14 heavy (non-hydrogen) atoms. The predicted molar refractivity (Wildman–Crippen MR) is 53.3 cm³/mol. The minimum Gasteiger partial charge on any atom is -0.379 e. The molecule has 1 amide bonds. The van der Waals surface area contributed by atoms with Gasteiger partial charge in [-0.05, 0) is 6.92 Å². The van der Waals surface area contributed by atoms with Crippen LogP contribution in [0.5, 0.6) is 0 Å². The number of carbonyl (C=O) groups is 1. The summed E-state index contributed by atoms with van der Waals surface area (Å²) in [6, 6.07) is -0.187. The SMILES string of the molecule is C#CCC(C)NC(=O)C1COCC1N. The average Bonchev–Trinajstić information content (AvgIpc) is 2.51. The minimum atomic E-state index is -0.227. The van der Waals surface area contributed by atoms with Crippen molar-refractivity contribution in [1.82, 2.24) is 5.32 Å². The van der Waals surface area contributed by atoms with Crippen LogP contribution in [-0.4, -0.2) is 31.2 Å².